The maximum atomic E-state index is 11.5. The normalized spacial score (nSPS) is 17.6. The minimum atomic E-state index is -0.928. The zero-order valence-corrected chi connectivity index (χ0v) is 10.8. The fourth-order valence-corrected chi connectivity index (χ4v) is 2.35. The van der Waals surface area contributed by atoms with Gasteiger partial charge in [-0.3, -0.25) is 4.79 Å². The van der Waals surface area contributed by atoms with Gasteiger partial charge in [0.25, 0.3) is 0 Å². The molecule has 1 heterocycles. The average molecular weight is 263 g/mol. The lowest BCUT2D eigenvalue weighted by Gasteiger charge is -2.26. The van der Waals surface area contributed by atoms with Gasteiger partial charge in [-0.25, -0.2) is 4.79 Å². The summed E-state index contributed by atoms with van der Waals surface area (Å²) < 4.78 is 4.95. The maximum absolute atomic E-state index is 11.5. The molecular formula is C14H17NO4. The van der Waals surface area contributed by atoms with Crippen molar-refractivity contribution in [1.82, 2.24) is 5.32 Å². The quantitative estimate of drug-likeness (QED) is 0.806. The monoisotopic (exact) mass is 263 g/mol. The number of carboxylic acid groups (broad SMARTS) is 1. The van der Waals surface area contributed by atoms with Crippen LogP contribution in [0.2, 0.25) is 0 Å². The van der Waals surface area contributed by atoms with Crippen molar-refractivity contribution in [3.8, 4) is 0 Å². The second-order valence-corrected chi connectivity index (χ2v) is 4.48. The minimum absolute atomic E-state index is 0.0920. The Morgan fingerprint density at radius 3 is 2.95 bits per heavy atom. The second-order valence-electron chi connectivity index (χ2n) is 4.48. The summed E-state index contributed by atoms with van der Waals surface area (Å²) in [4.78, 5) is 22.5. The average Bonchev–Trinajstić information content (AvgIpc) is 2.38. The number of hydrogen-bond donors (Lipinski definition) is 2. The molecule has 0 fully saturated rings. The number of nitrogens with one attached hydrogen (secondary N) is 1. The van der Waals surface area contributed by atoms with Gasteiger partial charge in [0.2, 0.25) is 0 Å². The first-order valence-electron chi connectivity index (χ1n) is 6.37. The van der Waals surface area contributed by atoms with Crippen LogP contribution in [0.4, 0.5) is 0 Å². The molecule has 1 atom stereocenters. The maximum Gasteiger partial charge on any atom is 0.335 e. The van der Waals surface area contributed by atoms with Crippen LogP contribution in [0.1, 0.15) is 40.9 Å². The number of rotatable bonds is 4. The Labute approximate surface area is 111 Å². The molecule has 0 aliphatic carbocycles. The van der Waals surface area contributed by atoms with Crippen LogP contribution in [0.5, 0.6) is 0 Å². The number of esters is 1. The first-order chi connectivity index (χ1) is 9.11. The number of aromatic carboxylic acids is 1. The molecule has 2 rings (SSSR count). The van der Waals surface area contributed by atoms with E-state index in [0.717, 1.165) is 24.1 Å². The molecule has 0 radical (unpaired) electrons. The smallest absolute Gasteiger partial charge is 0.335 e. The van der Waals surface area contributed by atoms with Gasteiger partial charge >= 0.3 is 11.9 Å². The van der Waals surface area contributed by atoms with Crippen LogP contribution >= 0.6 is 0 Å². The summed E-state index contributed by atoms with van der Waals surface area (Å²) in [6.45, 7) is 2.88. The number of hydrogen-bond acceptors (Lipinski definition) is 4. The summed E-state index contributed by atoms with van der Waals surface area (Å²) >= 11 is 0. The highest BCUT2D eigenvalue weighted by atomic mass is 16.5. The van der Waals surface area contributed by atoms with Crippen LogP contribution in [0.25, 0.3) is 0 Å². The van der Waals surface area contributed by atoms with Gasteiger partial charge in [-0.05, 0) is 43.1 Å². The third-order valence-corrected chi connectivity index (χ3v) is 3.23. The predicted molar refractivity (Wildman–Crippen MR) is 69.1 cm³/mol. The van der Waals surface area contributed by atoms with Crippen molar-refractivity contribution in [3.05, 3.63) is 34.9 Å². The fraction of sp³-hybridized carbons (Fsp3) is 0.429. The molecule has 2 N–H and O–H groups in total. The standard InChI is InChI=1S/C14H17NO4/c1-2-19-13(16)8-12-11-4-3-10(14(17)18)7-9(11)5-6-15-12/h3-4,7,12,15H,2,5-6,8H2,1H3,(H,17,18). The summed E-state index contributed by atoms with van der Waals surface area (Å²) in [5.74, 6) is -1.17. The molecule has 0 aromatic heterocycles. The molecule has 5 nitrogen and oxygen atoms in total. The van der Waals surface area contributed by atoms with Crippen molar-refractivity contribution in [3.63, 3.8) is 0 Å². The highest BCUT2D eigenvalue weighted by Crippen LogP contribution is 2.26. The van der Waals surface area contributed by atoms with E-state index in [2.05, 4.69) is 5.32 Å². The molecule has 1 aliphatic rings. The van der Waals surface area contributed by atoms with Crippen LogP contribution < -0.4 is 5.32 Å². The molecule has 1 unspecified atom stereocenters. The van der Waals surface area contributed by atoms with E-state index in [1.165, 1.54) is 0 Å². The molecule has 1 aromatic rings. The third-order valence-electron chi connectivity index (χ3n) is 3.23. The molecule has 0 bridgehead atoms. The summed E-state index contributed by atoms with van der Waals surface area (Å²) in [6.07, 6.45) is 1.04. The molecule has 1 aliphatic heterocycles. The molecule has 0 saturated carbocycles. The molecule has 19 heavy (non-hydrogen) atoms. The third kappa shape index (κ3) is 3.12. The lowest BCUT2D eigenvalue weighted by Crippen LogP contribution is -2.32. The first kappa shape index (κ1) is 13.5. The van der Waals surface area contributed by atoms with Crippen molar-refractivity contribution in [2.75, 3.05) is 13.2 Å². The van der Waals surface area contributed by atoms with Crippen molar-refractivity contribution in [1.29, 1.82) is 0 Å². The van der Waals surface area contributed by atoms with Crippen LogP contribution in [-0.4, -0.2) is 30.2 Å². The SMILES string of the molecule is CCOC(=O)CC1NCCc2cc(C(=O)O)ccc21. The summed E-state index contributed by atoms with van der Waals surface area (Å²) in [6, 6.07) is 4.96. The van der Waals surface area contributed by atoms with E-state index in [9.17, 15) is 9.59 Å². The Hall–Kier alpha value is -1.88. The van der Waals surface area contributed by atoms with E-state index in [1.807, 2.05) is 0 Å². The van der Waals surface area contributed by atoms with Gasteiger partial charge in [0, 0.05) is 6.04 Å². The topological polar surface area (TPSA) is 75.6 Å². The number of carboxylic acids is 1. The number of carbonyl (C=O) groups is 2. The van der Waals surface area contributed by atoms with Gasteiger partial charge in [0.1, 0.15) is 0 Å². The van der Waals surface area contributed by atoms with Crippen molar-refractivity contribution >= 4 is 11.9 Å². The Balaban J connectivity index is 2.20. The van der Waals surface area contributed by atoms with Crippen molar-refractivity contribution in [2.45, 2.75) is 25.8 Å². The zero-order valence-electron chi connectivity index (χ0n) is 10.8. The molecular weight excluding hydrogens is 246 g/mol. The van der Waals surface area contributed by atoms with Gasteiger partial charge in [0.15, 0.2) is 0 Å². The molecule has 5 heteroatoms. The zero-order chi connectivity index (χ0) is 13.8. The van der Waals surface area contributed by atoms with Gasteiger partial charge < -0.3 is 15.2 Å². The number of fused-ring (bicyclic) bond motifs is 1. The van der Waals surface area contributed by atoms with E-state index < -0.39 is 5.97 Å². The predicted octanol–water partition coefficient (Wildman–Crippen LogP) is 1.52. The Kier molecular flexibility index (Phi) is 4.16. The number of ether oxygens (including phenoxy) is 1. The summed E-state index contributed by atoms with van der Waals surface area (Å²) in [5.41, 5.74) is 2.27. The second kappa shape index (κ2) is 5.84. The Morgan fingerprint density at radius 2 is 2.26 bits per heavy atom. The summed E-state index contributed by atoms with van der Waals surface area (Å²) in [5, 5.41) is 12.2. The minimum Gasteiger partial charge on any atom is -0.478 e. The van der Waals surface area contributed by atoms with E-state index in [1.54, 1.807) is 25.1 Å². The first-order valence-corrected chi connectivity index (χ1v) is 6.37. The van der Waals surface area contributed by atoms with Crippen molar-refractivity contribution in [2.24, 2.45) is 0 Å². The van der Waals surface area contributed by atoms with Crippen LogP contribution in [0.3, 0.4) is 0 Å². The van der Waals surface area contributed by atoms with Gasteiger partial charge in [-0.15, -0.1) is 0 Å². The van der Waals surface area contributed by atoms with E-state index in [-0.39, 0.29) is 24.0 Å². The van der Waals surface area contributed by atoms with Gasteiger partial charge in [-0.2, -0.15) is 0 Å². The van der Waals surface area contributed by atoms with E-state index in [4.69, 9.17) is 9.84 Å². The molecule has 102 valence electrons. The largest absolute Gasteiger partial charge is 0.478 e. The van der Waals surface area contributed by atoms with Gasteiger partial charge in [-0.1, -0.05) is 6.07 Å². The lowest BCUT2D eigenvalue weighted by atomic mass is 9.91. The van der Waals surface area contributed by atoms with Crippen LogP contribution in [0.15, 0.2) is 18.2 Å². The lowest BCUT2D eigenvalue weighted by molar-refractivity contribution is -0.143. The fourth-order valence-electron chi connectivity index (χ4n) is 2.35. The molecule has 0 amide bonds. The van der Waals surface area contributed by atoms with Gasteiger partial charge in [0.05, 0.1) is 18.6 Å². The number of benzene rings is 1. The van der Waals surface area contributed by atoms with E-state index >= 15 is 0 Å². The van der Waals surface area contributed by atoms with Crippen molar-refractivity contribution < 1.29 is 19.4 Å². The number of carbonyl (C=O) groups excluding carboxylic acids is 1. The molecule has 0 saturated heterocycles. The molecule has 0 spiro atoms. The van der Waals surface area contributed by atoms with E-state index in [0.29, 0.717) is 6.61 Å². The highest BCUT2D eigenvalue weighted by Gasteiger charge is 2.23. The van der Waals surface area contributed by atoms with Crippen LogP contribution in [0, 0.1) is 0 Å². The molecule has 1 aromatic carbocycles. The Bertz CT molecular complexity index is 498. The Morgan fingerprint density at radius 1 is 1.47 bits per heavy atom. The van der Waals surface area contributed by atoms with Crippen LogP contribution in [-0.2, 0) is 16.0 Å². The highest BCUT2D eigenvalue weighted by molar-refractivity contribution is 5.88. The summed E-state index contributed by atoms with van der Waals surface area (Å²) in [7, 11) is 0.